The summed E-state index contributed by atoms with van der Waals surface area (Å²) in [5.41, 5.74) is 0.911. The van der Waals surface area contributed by atoms with Crippen molar-refractivity contribution in [2.75, 3.05) is 32.1 Å². The van der Waals surface area contributed by atoms with E-state index in [1.165, 1.54) is 19.7 Å². The summed E-state index contributed by atoms with van der Waals surface area (Å²) in [7, 11) is 1.31. The first-order valence-corrected chi connectivity index (χ1v) is 6.76. The third-order valence-corrected chi connectivity index (χ3v) is 3.31. The fraction of sp³-hybridized carbons (Fsp3) is 0.500. The average molecular weight is 277 g/mol. The third-order valence-electron chi connectivity index (χ3n) is 3.31. The maximum atomic E-state index is 12.0. The zero-order valence-electron chi connectivity index (χ0n) is 11.6. The smallest absolute Gasteiger partial charge is 0.356 e. The molecular formula is C14H19N3O3. The van der Waals surface area contributed by atoms with Gasteiger partial charge in [-0.1, -0.05) is 0 Å². The molecule has 2 heterocycles. The lowest BCUT2D eigenvalue weighted by molar-refractivity contribution is -0.130. The second-order valence-electron chi connectivity index (χ2n) is 4.72. The van der Waals surface area contributed by atoms with Gasteiger partial charge in [-0.2, -0.15) is 0 Å². The molecule has 6 heteroatoms. The Hall–Kier alpha value is -2.11. The first-order valence-electron chi connectivity index (χ1n) is 6.76. The van der Waals surface area contributed by atoms with E-state index < -0.39 is 5.97 Å². The number of hydrogen-bond donors (Lipinski definition) is 1. The molecule has 20 heavy (non-hydrogen) atoms. The van der Waals surface area contributed by atoms with E-state index in [1.807, 2.05) is 4.90 Å². The highest BCUT2D eigenvalue weighted by molar-refractivity contribution is 5.88. The molecule has 1 aliphatic rings. The second-order valence-corrected chi connectivity index (χ2v) is 4.72. The molecule has 0 radical (unpaired) electrons. The first kappa shape index (κ1) is 14.3. The average Bonchev–Trinajstić information content (AvgIpc) is 2.53. The highest BCUT2D eigenvalue weighted by atomic mass is 16.5. The summed E-state index contributed by atoms with van der Waals surface area (Å²) in [4.78, 5) is 29.2. The van der Waals surface area contributed by atoms with E-state index in [0.717, 1.165) is 25.9 Å². The largest absolute Gasteiger partial charge is 0.464 e. The third kappa shape index (κ3) is 3.69. The molecule has 1 fully saturated rings. The van der Waals surface area contributed by atoms with Crippen LogP contribution in [0.1, 0.15) is 29.8 Å². The summed E-state index contributed by atoms with van der Waals surface area (Å²) < 4.78 is 4.61. The van der Waals surface area contributed by atoms with Gasteiger partial charge in [0.05, 0.1) is 13.7 Å². The van der Waals surface area contributed by atoms with Gasteiger partial charge in [0.15, 0.2) is 0 Å². The molecule has 0 spiro atoms. The maximum absolute atomic E-state index is 12.0. The normalized spacial score (nSPS) is 14.8. The number of nitrogens with one attached hydrogen (secondary N) is 1. The predicted molar refractivity (Wildman–Crippen MR) is 74.5 cm³/mol. The number of methoxy groups -OCH3 is 1. The molecule has 6 nitrogen and oxygen atoms in total. The monoisotopic (exact) mass is 277 g/mol. The van der Waals surface area contributed by atoms with Crippen LogP contribution in [0.15, 0.2) is 18.3 Å². The number of amides is 1. The molecule has 0 aromatic carbocycles. The van der Waals surface area contributed by atoms with Crippen molar-refractivity contribution in [3.05, 3.63) is 24.0 Å². The van der Waals surface area contributed by atoms with Crippen LogP contribution in [0.2, 0.25) is 0 Å². The lowest BCUT2D eigenvalue weighted by atomic mass is 10.1. The van der Waals surface area contributed by atoms with Crippen molar-refractivity contribution in [2.24, 2.45) is 0 Å². The van der Waals surface area contributed by atoms with E-state index in [0.29, 0.717) is 5.69 Å². The Morgan fingerprint density at radius 2 is 2.10 bits per heavy atom. The Kier molecular flexibility index (Phi) is 4.92. The topological polar surface area (TPSA) is 71.5 Å². The quantitative estimate of drug-likeness (QED) is 0.840. The van der Waals surface area contributed by atoms with E-state index in [4.69, 9.17) is 0 Å². The number of ether oxygens (including phenoxy) is 1. The Balaban J connectivity index is 1.90. The number of hydrogen-bond acceptors (Lipinski definition) is 5. The zero-order valence-corrected chi connectivity index (χ0v) is 11.6. The van der Waals surface area contributed by atoms with Gasteiger partial charge in [-0.25, -0.2) is 9.78 Å². The van der Waals surface area contributed by atoms with Gasteiger partial charge in [0.1, 0.15) is 5.69 Å². The van der Waals surface area contributed by atoms with Gasteiger partial charge in [0, 0.05) is 25.0 Å². The van der Waals surface area contributed by atoms with Crippen LogP contribution in [0.4, 0.5) is 5.69 Å². The highest BCUT2D eigenvalue weighted by Crippen LogP contribution is 2.11. The molecule has 0 aliphatic carbocycles. The molecule has 1 aromatic heterocycles. The van der Waals surface area contributed by atoms with Crippen molar-refractivity contribution >= 4 is 17.6 Å². The van der Waals surface area contributed by atoms with Gasteiger partial charge in [0.2, 0.25) is 5.91 Å². The van der Waals surface area contributed by atoms with Crippen molar-refractivity contribution in [3.63, 3.8) is 0 Å². The minimum Gasteiger partial charge on any atom is -0.464 e. The molecule has 1 aliphatic heterocycles. The number of anilines is 1. The molecule has 1 saturated heterocycles. The van der Waals surface area contributed by atoms with Gasteiger partial charge in [-0.3, -0.25) is 4.79 Å². The van der Waals surface area contributed by atoms with Gasteiger partial charge < -0.3 is 15.0 Å². The summed E-state index contributed by atoms with van der Waals surface area (Å²) >= 11 is 0. The van der Waals surface area contributed by atoms with Crippen molar-refractivity contribution in [1.82, 2.24) is 9.88 Å². The van der Waals surface area contributed by atoms with E-state index in [9.17, 15) is 9.59 Å². The van der Waals surface area contributed by atoms with Crippen LogP contribution in [-0.4, -0.2) is 48.5 Å². The second kappa shape index (κ2) is 6.88. The van der Waals surface area contributed by atoms with Crippen LogP contribution in [0.5, 0.6) is 0 Å². The molecule has 108 valence electrons. The van der Waals surface area contributed by atoms with E-state index >= 15 is 0 Å². The molecule has 0 saturated carbocycles. The first-order chi connectivity index (χ1) is 9.70. The molecule has 0 bridgehead atoms. The number of nitrogens with zero attached hydrogens (tertiary/aromatic N) is 2. The molecule has 1 N–H and O–H groups in total. The molecule has 0 atom stereocenters. The number of carbonyl (C=O) groups is 2. The van der Waals surface area contributed by atoms with E-state index in [-0.39, 0.29) is 18.1 Å². The minimum atomic E-state index is -0.490. The number of rotatable bonds is 4. The molecular weight excluding hydrogens is 258 g/mol. The van der Waals surface area contributed by atoms with Crippen molar-refractivity contribution in [2.45, 2.75) is 19.3 Å². The fourth-order valence-electron chi connectivity index (χ4n) is 2.19. The van der Waals surface area contributed by atoms with Gasteiger partial charge >= 0.3 is 5.97 Å². The van der Waals surface area contributed by atoms with Gasteiger partial charge in [-0.15, -0.1) is 0 Å². The summed E-state index contributed by atoms with van der Waals surface area (Å²) in [5, 5.41) is 3.02. The summed E-state index contributed by atoms with van der Waals surface area (Å²) in [5.74, 6) is -0.405. The van der Waals surface area contributed by atoms with Crippen LogP contribution in [0.25, 0.3) is 0 Å². The number of carbonyl (C=O) groups excluding carboxylic acids is 2. The Morgan fingerprint density at radius 1 is 1.35 bits per heavy atom. The Morgan fingerprint density at radius 3 is 2.80 bits per heavy atom. The van der Waals surface area contributed by atoms with Crippen LogP contribution in [-0.2, 0) is 9.53 Å². The van der Waals surface area contributed by atoms with Crippen molar-refractivity contribution < 1.29 is 14.3 Å². The van der Waals surface area contributed by atoms with E-state index in [1.54, 1.807) is 12.1 Å². The number of aromatic nitrogens is 1. The Labute approximate surface area is 118 Å². The van der Waals surface area contributed by atoms with Gasteiger partial charge in [-0.05, 0) is 31.4 Å². The molecule has 1 amide bonds. The predicted octanol–water partition coefficient (Wildman–Crippen LogP) is 1.29. The molecule has 1 aromatic rings. The van der Waals surface area contributed by atoms with Crippen molar-refractivity contribution in [1.29, 1.82) is 0 Å². The fourth-order valence-corrected chi connectivity index (χ4v) is 2.19. The lowest BCUT2D eigenvalue weighted by Gasteiger charge is -2.26. The van der Waals surface area contributed by atoms with Crippen LogP contribution < -0.4 is 5.32 Å². The molecule has 0 unspecified atom stereocenters. The number of likely N-dealkylation sites (tertiary alicyclic amines) is 1. The highest BCUT2D eigenvalue weighted by Gasteiger charge is 2.16. The van der Waals surface area contributed by atoms with Crippen LogP contribution >= 0.6 is 0 Å². The number of esters is 1. The van der Waals surface area contributed by atoms with E-state index in [2.05, 4.69) is 15.0 Å². The maximum Gasteiger partial charge on any atom is 0.356 e. The molecule has 2 rings (SSSR count). The number of piperidine rings is 1. The Bertz CT molecular complexity index is 484. The van der Waals surface area contributed by atoms with Crippen LogP contribution in [0.3, 0.4) is 0 Å². The minimum absolute atomic E-state index is 0.0844. The summed E-state index contributed by atoms with van der Waals surface area (Å²) in [6, 6.07) is 3.30. The lowest BCUT2D eigenvalue weighted by Crippen LogP contribution is -2.39. The van der Waals surface area contributed by atoms with Gasteiger partial charge in [0.25, 0.3) is 0 Å². The summed E-state index contributed by atoms with van der Waals surface area (Å²) in [6.45, 7) is 1.90. The van der Waals surface area contributed by atoms with Crippen molar-refractivity contribution in [3.8, 4) is 0 Å². The standard InChI is InChI=1S/C14H19N3O3/c1-20-14(19)12-9-11(5-6-15-12)16-10-13(18)17-7-3-2-4-8-17/h5-6,9H,2-4,7-8,10H2,1H3,(H,15,16). The summed E-state index contributed by atoms with van der Waals surface area (Å²) in [6.07, 6.45) is 4.87. The van der Waals surface area contributed by atoms with Crippen LogP contribution in [0, 0.1) is 0 Å². The number of pyridine rings is 1. The zero-order chi connectivity index (χ0) is 14.4. The SMILES string of the molecule is COC(=O)c1cc(NCC(=O)N2CCCCC2)ccn1.